The van der Waals surface area contributed by atoms with Crippen LogP contribution in [0.1, 0.15) is 5.56 Å². The van der Waals surface area contributed by atoms with Gasteiger partial charge in [0.05, 0.1) is 0 Å². The summed E-state index contributed by atoms with van der Waals surface area (Å²) in [6.45, 7) is 1.94. The lowest BCUT2D eigenvalue weighted by atomic mass is 10.2. The number of anilines is 1. The Balaban J connectivity index is 1.90. The Morgan fingerprint density at radius 3 is 2.63 bits per heavy atom. The number of carbonyl (C=O) groups excluding carboxylic acids is 1. The second-order valence-corrected chi connectivity index (χ2v) is 5.03. The lowest BCUT2D eigenvalue weighted by Gasteiger charge is -2.09. The van der Waals surface area contributed by atoms with E-state index in [-0.39, 0.29) is 12.5 Å². The third-order valence-corrected chi connectivity index (χ3v) is 3.05. The van der Waals surface area contributed by atoms with Crippen molar-refractivity contribution in [1.82, 2.24) is 0 Å². The molecule has 1 amide bonds. The summed E-state index contributed by atoms with van der Waals surface area (Å²) >= 11 is 3.39. The van der Waals surface area contributed by atoms with Crippen LogP contribution in [0.3, 0.4) is 0 Å². The number of para-hydroxylation sites is 1. The van der Waals surface area contributed by atoms with Gasteiger partial charge in [0.2, 0.25) is 0 Å². The molecular formula is C15H14BrNO2. The van der Waals surface area contributed by atoms with Crippen LogP contribution in [0, 0.1) is 6.92 Å². The second-order valence-electron chi connectivity index (χ2n) is 4.11. The first-order valence-corrected chi connectivity index (χ1v) is 6.68. The van der Waals surface area contributed by atoms with E-state index in [1.54, 1.807) is 0 Å². The van der Waals surface area contributed by atoms with Crippen molar-refractivity contribution in [2.45, 2.75) is 6.92 Å². The van der Waals surface area contributed by atoms with Crippen LogP contribution in [0.2, 0.25) is 0 Å². The van der Waals surface area contributed by atoms with E-state index in [9.17, 15) is 4.79 Å². The monoisotopic (exact) mass is 319 g/mol. The first-order valence-electron chi connectivity index (χ1n) is 5.89. The van der Waals surface area contributed by atoms with Gasteiger partial charge in [0.1, 0.15) is 5.75 Å². The molecule has 2 rings (SSSR count). The Kier molecular flexibility index (Phi) is 4.58. The van der Waals surface area contributed by atoms with Crippen molar-refractivity contribution in [3.05, 3.63) is 58.6 Å². The van der Waals surface area contributed by atoms with Crippen molar-refractivity contribution in [2.24, 2.45) is 0 Å². The van der Waals surface area contributed by atoms with Crippen LogP contribution in [-0.4, -0.2) is 12.5 Å². The third kappa shape index (κ3) is 4.10. The van der Waals surface area contributed by atoms with Crippen LogP contribution < -0.4 is 10.1 Å². The van der Waals surface area contributed by atoms with E-state index in [0.29, 0.717) is 5.75 Å². The van der Waals surface area contributed by atoms with Gasteiger partial charge in [0, 0.05) is 10.2 Å². The fourth-order valence-corrected chi connectivity index (χ4v) is 2.11. The zero-order valence-electron chi connectivity index (χ0n) is 10.5. The van der Waals surface area contributed by atoms with Gasteiger partial charge < -0.3 is 10.1 Å². The molecule has 0 saturated heterocycles. The molecule has 0 atom stereocenters. The fourth-order valence-electron chi connectivity index (χ4n) is 1.64. The molecule has 0 aromatic heterocycles. The van der Waals surface area contributed by atoms with E-state index >= 15 is 0 Å². The quantitative estimate of drug-likeness (QED) is 0.931. The highest BCUT2D eigenvalue weighted by Gasteiger charge is 2.05. The Morgan fingerprint density at radius 1 is 1.21 bits per heavy atom. The number of rotatable bonds is 4. The van der Waals surface area contributed by atoms with Gasteiger partial charge in [0.15, 0.2) is 6.61 Å². The molecule has 0 heterocycles. The number of carbonyl (C=O) groups is 1. The summed E-state index contributed by atoms with van der Waals surface area (Å²) in [6, 6.07) is 15.0. The molecule has 0 radical (unpaired) electrons. The normalized spacial score (nSPS) is 10.0. The molecule has 2 aromatic rings. The van der Waals surface area contributed by atoms with E-state index in [4.69, 9.17) is 4.74 Å². The summed E-state index contributed by atoms with van der Waals surface area (Å²) in [5.74, 6) is 0.542. The Hall–Kier alpha value is -1.81. The zero-order chi connectivity index (χ0) is 13.7. The highest BCUT2D eigenvalue weighted by Crippen LogP contribution is 2.22. The minimum atomic E-state index is -0.173. The van der Waals surface area contributed by atoms with Gasteiger partial charge >= 0.3 is 0 Å². The highest BCUT2D eigenvalue weighted by molar-refractivity contribution is 9.10. The van der Waals surface area contributed by atoms with Crippen molar-refractivity contribution >= 4 is 27.5 Å². The predicted octanol–water partition coefficient (Wildman–Crippen LogP) is 3.78. The number of hydrogen-bond acceptors (Lipinski definition) is 2. The average molecular weight is 320 g/mol. The van der Waals surface area contributed by atoms with Gasteiger partial charge in [-0.25, -0.2) is 0 Å². The molecule has 4 heteroatoms. The molecule has 0 spiro atoms. The van der Waals surface area contributed by atoms with Crippen molar-refractivity contribution in [2.75, 3.05) is 11.9 Å². The number of hydrogen-bond donors (Lipinski definition) is 1. The molecule has 0 fully saturated rings. The van der Waals surface area contributed by atoms with Crippen LogP contribution in [0.15, 0.2) is 53.0 Å². The molecule has 19 heavy (non-hydrogen) atoms. The fraction of sp³-hybridized carbons (Fsp3) is 0.133. The van der Waals surface area contributed by atoms with E-state index in [0.717, 1.165) is 15.7 Å². The lowest BCUT2D eigenvalue weighted by Crippen LogP contribution is -2.20. The van der Waals surface area contributed by atoms with Gasteiger partial charge in [-0.1, -0.05) is 34.1 Å². The topological polar surface area (TPSA) is 38.3 Å². The van der Waals surface area contributed by atoms with Crippen LogP contribution in [0.4, 0.5) is 5.69 Å². The maximum Gasteiger partial charge on any atom is 0.262 e. The van der Waals surface area contributed by atoms with Gasteiger partial charge in [0.25, 0.3) is 5.91 Å². The minimum Gasteiger partial charge on any atom is -0.483 e. The molecule has 0 saturated carbocycles. The van der Waals surface area contributed by atoms with Crippen molar-refractivity contribution in [1.29, 1.82) is 0 Å². The van der Waals surface area contributed by atoms with Crippen LogP contribution >= 0.6 is 15.9 Å². The van der Waals surface area contributed by atoms with Crippen molar-refractivity contribution in [3.63, 3.8) is 0 Å². The molecule has 2 aromatic carbocycles. The Bertz CT molecular complexity index is 570. The SMILES string of the molecule is Cc1cc(Br)ccc1OCC(=O)Nc1ccccc1. The Labute approximate surface area is 120 Å². The van der Waals surface area contributed by atoms with Crippen LogP contribution in [0.5, 0.6) is 5.75 Å². The minimum absolute atomic E-state index is 0.00261. The number of halogens is 1. The summed E-state index contributed by atoms with van der Waals surface area (Å²) in [6.07, 6.45) is 0. The van der Waals surface area contributed by atoms with Crippen molar-refractivity contribution in [3.8, 4) is 5.75 Å². The van der Waals surface area contributed by atoms with Gasteiger partial charge in [-0.15, -0.1) is 0 Å². The molecule has 0 aliphatic carbocycles. The molecule has 0 unspecified atom stereocenters. The molecule has 3 nitrogen and oxygen atoms in total. The number of benzene rings is 2. The summed E-state index contributed by atoms with van der Waals surface area (Å²) < 4.78 is 6.48. The van der Waals surface area contributed by atoms with E-state index in [1.165, 1.54) is 0 Å². The van der Waals surface area contributed by atoms with E-state index in [2.05, 4.69) is 21.2 Å². The number of aryl methyl sites for hydroxylation is 1. The molecule has 0 bridgehead atoms. The van der Waals surface area contributed by atoms with E-state index < -0.39 is 0 Å². The molecule has 0 aliphatic heterocycles. The lowest BCUT2D eigenvalue weighted by molar-refractivity contribution is -0.118. The zero-order valence-corrected chi connectivity index (χ0v) is 12.1. The summed E-state index contributed by atoms with van der Waals surface area (Å²) in [5.41, 5.74) is 1.76. The first-order chi connectivity index (χ1) is 9.15. The average Bonchev–Trinajstić information content (AvgIpc) is 2.39. The van der Waals surface area contributed by atoms with Gasteiger partial charge in [-0.2, -0.15) is 0 Å². The summed E-state index contributed by atoms with van der Waals surface area (Å²) in [4.78, 5) is 11.7. The number of nitrogens with one attached hydrogen (secondary N) is 1. The smallest absolute Gasteiger partial charge is 0.262 e. The molecular weight excluding hydrogens is 306 g/mol. The van der Waals surface area contributed by atoms with Crippen molar-refractivity contribution < 1.29 is 9.53 Å². The molecule has 1 N–H and O–H groups in total. The molecule has 0 aliphatic rings. The van der Waals surface area contributed by atoms with Gasteiger partial charge in [-0.05, 0) is 42.8 Å². The Morgan fingerprint density at radius 2 is 1.95 bits per heavy atom. The maximum atomic E-state index is 11.7. The third-order valence-electron chi connectivity index (χ3n) is 2.55. The standard InChI is InChI=1S/C15H14BrNO2/c1-11-9-12(16)7-8-14(11)19-10-15(18)17-13-5-3-2-4-6-13/h2-9H,10H2,1H3,(H,17,18). The molecule has 98 valence electrons. The summed E-state index contributed by atoms with van der Waals surface area (Å²) in [7, 11) is 0. The maximum absolute atomic E-state index is 11.7. The largest absolute Gasteiger partial charge is 0.483 e. The van der Waals surface area contributed by atoms with E-state index in [1.807, 2.05) is 55.5 Å². The van der Waals surface area contributed by atoms with Crippen LogP contribution in [0.25, 0.3) is 0 Å². The summed E-state index contributed by atoms with van der Waals surface area (Å²) in [5, 5.41) is 2.77. The number of ether oxygens (including phenoxy) is 1. The van der Waals surface area contributed by atoms with Gasteiger partial charge in [-0.3, -0.25) is 4.79 Å². The number of amides is 1. The van der Waals surface area contributed by atoms with Crippen LogP contribution in [-0.2, 0) is 4.79 Å². The second kappa shape index (κ2) is 6.38. The first kappa shape index (κ1) is 13.6. The highest BCUT2D eigenvalue weighted by atomic mass is 79.9. The predicted molar refractivity (Wildman–Crippen MR) is 79.4 cm³/mol.